The van der Waals surface area contributed by atoms with Crippen LogP contribution in [0.1, 0.15) is 39.9 Å². The quantitative estimate of drug-likeness (QED) is 0.391. The van der Waals surface area contributed by atoms with Gasteiger partial charge in [-0.3, -0.25) is 0 Å². The van der Waals surface area contributed by atoms with Crippen LogP contribution >= 0.6 is 0 Å². The monoisotopic (exact) mass is 484 g/mol. The fraction of sp³-hybridized carbons (Fsp3) is 0.179. The molecule has 0 saturated carbocycles. The fourth-order valence-corrected chi connectivity index (χ4v) is 3.90. The highest BCUT2D eigenvalue weighted by molar-refractivity contribution is 5.89. The number of nitriles is 1. The number of carbonyl (C=O) groups is 2. The molecular weight excluding hydrogens is 460 g/mol. The van der Waals surface area contributed by atoms with Gasteiger partial charge in [0.15, 0.2) is 6.61 Å². The second kappa shape index (κ2) is 10.7. The van der Waals surface area contributed by atoms with Crippen molar-refractivity contribution < 1.29 is 28.5 Å². The molecule has 8 heteroatoms. The van der Waals surface area contributed by atoms with Crippen LogP contribution < -0.4 is 19.9 Å². The van der Waals surface area contributed by atoms with Crippen LogP contribution in [0.2, 0.25) is 0 Å². The molecule has 1 aliphatic heterocycles. The number of nitrogens with two attached hydrogens (primary N) is 1. The molecule has 1 unspecified atom stereocenters. The van der Waals surface area contributed by atoms with Crippen LogP contribution in [0, 0.1) is 11.3 Å². The minimum Gasteiger partial charge on any atom is -0.482 e. The number of hydrogen-bond acceptors (Lipinski definition) is 8. The van der Waals surface area contributed by atoms with Crippen molar-refractivity contribution in [2.24, 2.45) is 5.73 Å². The predicted molar refractivity (Wildman–Crippen MR) is 130 cm³/mol. The topological polar surface area (TPSA) is 121 Å². The van der Waals surface area contributed by atoms with Crippen molar-refractivity contribution in [1.29, 1.82) is 5.26 Å². The minimum atomic E-state index is -0.582. The molecule has 0 fully saturated rings. The van der Waals surface area contributed by atoms with Crippen LogP contribution in [0.25, 0.3) is 0 Å². The van der Waals surface area contributed by atoms with E-state index in [1.165, 1.54) is 12.7 Å². The van der Waals surface area contributed by atoms with E-state index in [0.717, 1.165) is 12.0 Å². The van der Waals surface area contributed by atoms with Crippen LogP contribution in [-0.2, 0) is 16.0 Å². The number of fused-ring (bicyclic) bond motifs is 1. The molecule has 0 aromatic heterocycles. The van der Waals surface area contributed by atoms with Gasteiger partial charge < -0.3 is 24.7 Å². The second-order valence-corrected chi connectivity index (χ2v) is 8.00. The molecule has 1 heterocycles. The number of aryl methyl sites for hydroxylation is 1. The number of ether oxygens (including phenoxy) is 4. The summed E-state index contributed by atoms with van der Waals surface area (Å²) in [6, 6.07) is 21.2. The van der Waals surface area contributed by atoms with Gasteiger partial charge in [0.1, 0.15) is 28.9 Å². The first kappa shape index (κ1) is 24.4. The average Bonchev–Trinajstić information content (AvgIpc) is 2.91. The van der Waals surface area contributed by atoms with Gasteiger partial charge in [-0.2, -0.15) is 5.26 Å². The largest absolute Gasteiger partial charge is 0.482 e. The predicted octanol–water partition coefficient (Wildman–Crippen LogP) is 4.24. The molecule has 8 nitrogen and oxygen atoms in total. The van der Waals surface area contributed by atoms with Gasteiger partial charge in [-0.25, -0.2) is 9.59 Å². The van der Waals surface area contributed by atoms with Crippen molar-refractivity contribution in [3.63, 3.8) is 0 Å². The number of carbonyl (C=O) groups excluding carboxylic acids is 2. The first-order chi connectivity index (χ1) is 17.4. The average molecular weight is 485 g/mol. The third kappa shape index (κ3) is 5.15. The standard InChI is InChI=1S/C28H24N2O6/c1-3-17-4-10-20(11-5-17)34-16-25(31)35-21-12-13-22-24(14-21)36-27(30)23(15-29)26(22)18-6-8-19(9-7-18)28(32)33-2/h4-14,26H,3,16,30H2,1-2H3. The lowest BCUT2D eigenvalue weighted by molar-refractivity contribution is -0.136. The van der Waals surface area contributed by atoms with Gasteiger partial charge in [-0.05, 0) is 47.9 Å². The number of methoxy groups -OCH3 is 1. The van der Waals surface area contributed by atoms with E-state index in [-0.39, 0.29) is 23.8 Å². The maximum atomic E-state index is 12.3. The van der Waals surface area contributed by atoms with Crippen molar-refractivity contribution >= 4 is 11.9 Å². The molecule has 2 N–H and O–H groups in total. The molecular formula is C28H24N2O6. The number of allylic oxidation sites excluding steroid dienone is 1. The van der Waals surface area contributed by atoms with E-state index in [1.54, 1.807) is 54.6 Å². The van der Waals surface area contributed by atoms with Crippen molar-refractivity contribution in [2.45, 2.75) is 19.3 Å². The molecule has 182 valence electrons. The van der Waals surface area contributed by atoms with E-state index in [2.05, 4.69) is 13.0 Å². The van der Waals surface area contributed by atoms with E-state index >= 15 is 0 Å². The van der Waals surface area contributed by atoms with Gasteiger partial charge in [0.05, 0.1) is 18.6 Å². The Labute approximate surface area is 208 Å². The molecule has 0 saturated heterocycles. The molecule has 0 aliphatic carbocycles. The van der Waals surface area contributed by atoms with Crippen LogP contribution in [-0.4, -0.2) is 25.7 Å². The second-order valence-electron chi connectivity index (χ2n) is 8.00. The maximum absolute atomic E-state index is 12.3. The third-order valence-electron chi connectivity index (χ3n) is 5.78. The summed E-state index contributed by atoms with van der Waals surface area (Å²) < 4.78 is 21.3. The van der Waals surface area contributed by atoms with E-state index in [9.17, 15) is 14.9 Å². The number of esters is 2. The molecule has 1 aliphatic rings. The molecule has 3 aromatic rings. The summed E-state index contributed by atoms with van der Waals surface area (Å²) in [7, 11) is 1.31. The Morgan fingerprint density at radius 3 is 2.36 bits per heavy atom. The molecule has 0 bridgehead atoms. The summed E-state index contributed by atoms with van der Waals surface area (Å²) in [6.45, 7) is 1.79. The summed E-state index contributed by atoms with van der Waals surface area (Å²) in [6.07, 6.45) is 0.915. The normalized spacial score (nSPS) is 14.2. The summed E-state index contributed by atoms with van der Waals surface area (Å²) in [5.74, 6) is -0.439. The van der Waals surface area contributed by atoms with Crippen molar-refractivity contribution in [2.75, 3.05) is 13.7 Å². The number of hydrogen-bond donors (Lipinski definition) is 1. The van der Waals surface area contributed by atoms with E-state index < -0.39 is 17.9 Å². The van der Waals surface area contributed by atoms with Crippen molar-refractivity contribution in [1.82, 2.24) is 0 Å². The van der Waals surface area contributed by atoms with Crippen LogP contribution in [0.3, 0.4) is 0 Å². The minimum absolute atomic E-state index is 0.0469. The molecule has 0 radical (unpaired) electrons. The van der Waals surface area contributed by atoms with Crippen LogP contribution in [0.4, 0.5) is 0 Å². The zero-order chi connectivity index (χ0) is 25.7. The number of nitrogens with zero attached hydrogens (tertiary/aromatic N) is 1. The molecule has 0 amide bonds. The first-order valence-electron chi connectivity index (χ1n) is 11.3. The highest BCUT2D eigenvalue weighted by Gasteiger charge is 2.31. The van der Waals surface area contributed by atoms with Crippen molar-refractivity contribution in [3.8, 4) is 23.3 Å². The van der Waals surface area contributed by atoms with E-state index in [1.807, 2.05) is 12.1 Å². The van der Waals surface area contributed by atoms with Gasteiger partial charge in [-0.1, -0.05) is 37.3 Å². The Kier molecular flexibility index (Phi) is 7.21. The van der Waals surface area contributed by atoms with Gasteiger partial charge in [0.2, 0.25) is 5.88 Å². The molecule has 0 spiro atoms. The third-order valence-corrected chi connectivity index (χ3v) is 5.78. The Morgan fingerprint density at radius 1 is 1.03 bits per heavy atom. The summed E-state index contributed by atoms with van der Waals surface area (Å²) >= 11 is 0. The van der Waals surface area contributed by atoms with Gasteiger partial charge in [0, 0.05) is 11.6 Å². The lowest BCUT2D eigenvalue weighted by atomic mass is 9.83. The fourth-order valence-electron chi connectivity index (χ4n) is 3.90. The molecule has 1 atom stereocenters. The molecule has 4 rings (SSSR count). The first-order valence-corrected chi connectivity index (χ1v) is 11.3. The Hall–Kier alpha value is -4.77. The SMILES string of the molecule is CCc1ccc(OCC(=O)Oc2ccc3c(c2)OC(N)=C(C#N)C3c2ccc(C(=O)OC)cc2)cc1. The number of benzene rings is 3. The summed E-state index contributed by atoms with van der Waals surface area (Å²) in [5, 5.41) is 9.73. The van der Waals surface area contributed by atoms with E-state index in [0.29, 0.717) is 22.6 Å². The molecule has 36 heavy (non-hydrogen) atoms. The number of rotatable bonds is 7. The Balaban J connectivity index is 1.52. The zero-order valence-corrected chi connectivity index (χ0v) is 19.8. The van der Waals surface area contributed by atoms with Gasteiger partial charge in [0.25, 0.3) is 0 Å². The smallest absolute Gasteiger partial charge is 0.349 e. The Morgan fingerprint density at radius 2 is 1.72 bits per heavy atom. The Bertz CT molecular complexity index is 1350. The van der Waals surface area contributed by atoms with E-state index in [4.69, 9.17) is 24.7 Å². The summed E-state index contributed by atoms with van der Waals surface area (Å²) in [4.78, 5) is 24.1. The van der Waals surface area contributed by atoms with Crippen molar-refractivity contribution in [3.05, 3.63) is 100 Å². The summed E-state index contributed by atoms with van der Waals surface area (Å²) in [5.41, 5.74) is 9.24. The van der Waals surface area contributed by atoms with Gasteiger partial charge >= 0.3 is 11.9 Å². The highest BCUT2D eigenvalue weighted by atomic mass is 16.6. The van der Waals surface area contributed by atoms with Crippen LogP contribution in [0.5, 0.6) is 17.2 Å². The highest BCUT2D eigenvalue weighted by Crippen LogP contribution is 2.43. The lowest BCUT2D eigenvalue weighted by Crippen LogP contribution is -2.22. The molecule has 3 aromatic carbocycles. The maximum Gasteiger partial charge on any atom is 0.349 e. The lowest BCUT2D eigenvalue weighted by Gasteiger charge is -2.26. The van der Waals surface area contributed by atoms with Crippen LogP contribution in [0.15, 0.2) is 78.2 Å². The zero-order valence-electron chi connectivity index (χ0n) is 19.8. The van der Waals surface area contributed by atoms with Gasteiger partial charge in [-0.15, -0.1) is 0 Å².